The molecule has 1 atom stereocenters. The van der Waals surface area contributed by atoms with Gasteiger partial charge in [-0.2, -0.15) is 0 Å². The van der Waals surface area contributed by atoms with Crippen molar-refractivity contribution in [3.63, 3.8) is 0 Å². The van der Waals surface area contributed by atoms with Crippen molar-refractivity contribution in [3.8, 4) is 11.5 Å². The molecule has 1 rings (SSSR count). The third kappa shape index (κ3) is 5.38. The molecule has 2 N–H and O–H groups in total. The molecule has 1 aromatic rings. The first-order chi connectivity index (χ1) is 9.08. The summed E-state index contributed by atoms with van der Waals surface area (Å²) in [5.41, 5.74) is 1.12. The molecule has 0 fully saturated rings. The lowest BCUT2D eigenvalue weighted by Crippen LogP contribution is -2.16. The Hall–Kier alpha value is -0.780. The summed E-state index contributed by atoms with van der Waals surface area (Å²) in [5.74, 6) is 1.44. The Kier molecular flexibility index (Phi) is 7.20. The standard InChI is InChI=1S/C14H22BrNO3/c1-10(17)5-4-6-16-9-11-7-13(18-2)14(19-3)8-12(11)15/h7-8,10,16-17H,4-6,9H2,1-3H3. The molecular formula is C14H22BrNO3. The largest absolute Gasteiger partial charge is 0.493 e. The monoisotopic (exact) mass is 331 g/mol. The molecule has 0 bridgehead atoms. The summed E-state index contributed by atoms with van der Waals surface area (Å²) in [5, 5.41) is 12.5. The highest BCUT2D eigenvalue weighted by atomic mass is 79.9. The lowest BCUT2D eigenvalue weighted by Gasteiger charge is -2.12. The fourth-order valence-electron chi connectivity index (χ4n) is 1.78. The number of aliphatic hydroxyl groups is 1. The lowest BCUT2D eigenvalue weighted by molar-refractivity contribution is 0.181. The molecule has 1 unspecified atom stereocenters. The Labute approximate surface area is 123 Å². The molecule has 0 heterocycles. The highest BCUT2D eigenvalue weighted by Gasteiger charge is 2.09. The first-order valence-electron chi connectivity index (χ1n) is 6.37. The van der Waals surface area contributed by atoms with Gasteiger partial charge in [-0.15, -0.1) is 0 Å². The fourth-order valence-corrected chi connectivity index (χ4v) is 2.24. The van der Waals surface area contributed by atoms with Gasteiger partial charge in [0, 0.05) is 11.0 Å². The van der Waals surface area contributed by atoms with Crippen molar-refractivity contribution in [2.45, 2.75) is 32.4 Å². The molecule has 0 spiro atoms. The van der Waals surface area contributed by atoms with E-state index in [-0.39, 0.29) is 6.10 Å². The van der Waals surface area contributed by atoms with Crippen LogP contribution >= 0.6 is 15.9 Å². The molecule has 0 aromatic heterocycles. The van der Waals surface area contributed by atoms with Crippen LogP contribution in [0.2, 0.25) is 0 Å². The van der Waals surface area contributed by atoms with Crippen LogP contribution in [0.15, 0.2) is 16.6 Å². The second kappa shape index (κ2) is 8.40. The minimum atomic E-state index is -0.227. The average molecular weight is 332 g/mol. The molecule has 5 heteroatoms. The third-order valence-electron chi connectivity index (χ3n) is 2.84. The fraction of sp³-hybridized carbons (Fsp3) is 0.571. The van der Waals surface area contributed by atoms with Gasteiger partial charge in [0.25, 0.3) is 0 Å². The van der Waals surface area contributed by atoms with Crippen molar-refractivity contribution in [3.05, 3.63) is 22.2 Å². The molecular weight excluding hydrogens is 310 g/mol. The second-order valence-corrected chi connectivity index (χ2v) is 5.32. The zero-order chi connectivity index (χ0) is 14.3. The van der Waals surface area contributed by atoms with Crippen molar-refractivity contribution in [2.24, 2.45) is 0 Å². The summed E-state index contributed by atoms with van der Waals surface area (Å²) < 4.78 is 11.5. The van der Waals surface area contributed by atoms with E-state index in [4.69, 9.17) is 9.47 Å². The summed E-state index contributed by atoms with van der Waals surface area (Å²) in [6.45, 7) is 3.44. The zero-order valence-electron chi connectivity index (χ0n) is 11.7. The molecule has 1 aromatic carbocycles. The van der Waals surface area contributed by atoms with Crippen LogP contribution in [0.4, 0.5) is 0 Å². The Balaban J connectivity index is 2.53. The van der Waals surface area contributed by atoms with E-state index >= 15 is 0 Å². The van der Waals surface area contributed by atoms with Crippen molar-refractivity contribution in [1.29, 1.82) is 0 Å². The average Bonchev–Trinajstić information content (AvgIpc) is 2.39. The number of halogens is 1. The van der Waals surface area contributed by atoms with E-state index in [0.29, 0.717) is 5.75 Å². The van der Waals surface area contributed by atoms with Crippen LogP contribution in [-0.4, -0.2) is 32.0 Å². The van der Waals surface area contributed by atoms with Gasteiger partial charge in [-0.3, -0.25) is 0 Å². The van der Waals surface area contributed by atoms with Gasteiger partial charge in [0.15, 0.2) is 11.5 Å². The van der Waals surface area contributed by atoms with Crippen molar-refractivity contribution in [2.75, 3.05) is 20.8 Å². The maximum absolute atomic E-state index is 9.17. The smallest absolute Gasteiger partial charge is 0.161 e. The first-order valence-corrected chi connectivity index (χ1v) is 7.17. The molecule has 0 aliphatic carbocycles. The number of hydrogen-bond acceptors (Lipinski definition) is 4. The summed E-state index contributed by atoms with van der Waals surface area (Å²) >= 11 is 3.53. The molecule has 0 aliphatic heterocycles. The van der Waals surface area contributed by atoms with Crippen molar-refractivity contribution in [1.82, 2.24) is 5.32 Å². The summed E-state index contributed by atoms with van der Waals surface area (Å²) in [6, 6.07) is 3.87. The van der Waals surface area contributed by atoms with Crippen LogP contribution in [0.1, 0.15) is 25.3 Å². The Morgan fingerprint density at radius 1 is 1.26 bits per heavy atom. The van der Waals surface area contributed by atoms with Crippen LogP contribution in [-0.2, 0) is 6.54 Å². The molecule has 19 heavy (non-hydrogen) atoms. The number of rotatable bonds is 8. The molecule has 0 saturated heterocycles. The number of hydrogen-bond donors (Lipinski definition) is 2. The van der Waals surface area contributed by atoms with Gasteiger partial charge < -0.3 is 19.9 Å². The lowest BCUT2D eigenvalue weighted by atomic mass is 10.2. The molecule has 0 aliphatic rings. The molecule has 4 nitrogen and oxygen atoms in total. The van der Waals surface area contributed by atoms with Crippen LogP contribution in [0, 0.1) is 0 Å². The minimum absolute atomic E-state index is 0.227. The van der Waals surface area contributed by atoms with E-state index in [2.05, 4.69) is 21.2 Å². The second-order valence-electron chi connectivity index (χ2n) is 4.47. The number of ether oxygens (including phenoxy) is 2. The van der Waals surface area contributed by atoms with Crippen LogP contribution < -0.4 is 14.8 Å². The number of aliphatic hydroxyl groups excluding tert-OH is 1. The Morgan fingerprint density at radius 2 is 1.89 bits per heavy atom. The predicted octanol–water partition coefficient (Wildman–Crippen LogP) is 2.72. The maximum atomic E-state index is 9.17. The van der Waals surface area contributed by atoms with Gasteiger partial charge in [-0.05, 0) is 44.0 Å². The topological polar surface area (TPSA) is 50.7 Å². The summed E-state index contributed by atoms with van der Waals surface area (Å²) in [4.78, 5) is 0. The highest BCUT2D eigenvalue weighted by Crippen LogP contribution is 2.33. The van der Waals surface area contributed by atoms with Gasteiger partial charge >= 0.3 is 0 Å². The van der Waals surface area contributed by atoms with Crippen LogP contribution in [0.25, 0.3) is 0 Å². The van der Waals surface area contributed by atoms with Crippen molar-refractivity contribution < 1.29 is 14.6 Å². The van der Waals surface area contributed by atoms with Gasteiger partial charge in [-0.1, -0.05) is 15.9 Å². The Morgan fingerprint density at radius 3 is 2.47 bits per heavy atom. The van der Waals surface area contributed by atoms with Crippen LogP contribution in [0.5, 0.6) is 11.5 Å². The zero-order valence-corrected chi connectivity index (χ0v) is 13.3. The summed E-state index contributed by atoms with van der Waals surface area (Å²) in [7, 11) is 3.25. The summed E-state index contributed by atoms with van der Waals surface area (Å²) in [6.07, 6.45) is 1.55. The molecule has 0 saturated carbocycles. The van der Waals surface area contributed by atoms with Crippen molar-refractivity contribution >= 4 is 15.9 Å². The van der Waals surface area contributed by atoms with Gasteiger partial charge in [-0.25, -0.2) is 0 Å². The molecule has 0 amide bonds. The van der Waals surface area contributed by atoms with E-state index in [1.165, 1.54) is 0 Å². The van der Waals surface area contributed by atoms with E-state index in [0.717, 1.165) is 41.7 Å². The first kappa shape index (κ1) is 16.3. The quantitative estimate of drug-likeness (QED) is 0.719. The Bertz CT molecular complexity index is 397. The van der Waals surface area contributed by atoms with Crippen LogP contribution in [0.3, 0.4) is 0 Å². The van der Waals surface area contributed by atoms with Gasteiger partial charge in [0.2, 0.25) is 0 Å². The number of methoxy groups -OCH3 is 2. The third-order valence-corrected chi connectivity index (χ3v) is 3.58. The normalized spacial score (nSPS) is 12.3. The molecule has 108 valence electrons. The van der Waals surface area contributed by atoms with E-state index < -0.39 is 0 Å². The highest BCUT2D eigenvalue weighted by molar-refractivity contribution is 9.10. The van der Waals surface area contributed by atoms with Gasteiger partial charge in [0.05, 0.1) is 20.3 Å². The number of benzene rings is 1. The van der Waals surface area contributed by atoms with E-state index in [1.807, 2.05) is 19.1 Å². The predicted molar refractivity (Wildman–Crippen MR) is 79.9 cm³/mol. The van der Waals surface area contributed by atoms with E-state index in [1.54, 1.807) is 14.2 Å². The SMILES string of the molecule is COc1cc(Br)c(CNCCCC(C)O)cc1OC. The van der Waals surface area contributed by atoms with E-state index in [9.17, 15) is 5.11 Å². The van der Waals surface area contributed by atoms with Gasteiger partial charge in [0.1, 0.15) is 0 Å². The number of nitrogens with one attached hydrogen (secondary N) is 1. The maximum Gasteiger partial charge on any atom is 0.161 e. The minimum Gasteiger partial charge on any atom is -0.493 e. The molecule has 0 radical (unpaired) electrons.